The summed E-state index contributed by atoms with van der Waals surface area (Å²) in [5.41, 5.74) is 5.28. The molecule has 100 valence electrons. The summed E-state index contributed by atoms with van der Waals surface area (Å²) in [5.74, 6) is -0.147. The number of imidazole rings is 1. The predicted molar refractivity (Wildman–Crippen MR) is 80.0 cm³/mol. The molecular weight excluding hydrogens is 250 g/mol. The van der Waals surface area contributed by atoms with E-state index in [1.807, 2.05) is 44.2 Å². The second-order valence-electron chi connectivity index (χ2n) is 4.86. The summed E-state index contributed by atoms with van der Waals surface area (Å²) in [7, 11) is 0. The van der Waals surface area contributed by atoms with Crippen LogP contribution >= 0.6 is 0 Å². The van der Waals surface area contributed by atoms with Gasteiger partial charge < -0.3 is 10.3 Å². The van der Waals surface area contributed by atoms with E-state index < -0.39 is 0 Å². The third-order valence-electron chi connectivity index (χ3n) is 3.46. The molecule has 2 N–H and O–H groups in total. The van der Waals surface area contributed by atoms with E-state index in [0.717, 1.165) is 16.8 Å². The van der Waals surface area contributed by atoms with Gasteiger partial charge in [-0.3, -0.25) is 4.79 Å². The zero-order valence-electron chi connectivity index (χ0n) is 11.4. The van der Waals surface area contributed by atoms with Gasteiger partial charge in [0.25, 0.3) is 5.91 Å². The number of carbonyl (C=O) groups is 1. The lowest BCUT2D eigenvalue weighted by molar-refractivity contribution is 0.102. The molecule has 0 saturated heterocycles. The maximum absolute atomic E-state index is 12.4. The average Bonchev–Trinajstić information content (AvgIpc) is 2.91. The van der Waals surface area contributed by atoms with Crippen LogP contribution in [0.4, 0.5) is 5.69 Å². The fourth-order valence-electron chi connectivity index (χ4n) is 2.17. The molecule has 0 spiro atoms. The molecule has 4 nitrogen and oxygen atoms in total. The van der Waals surface area contributed by atoms with Crippen molar-refractivity contribution in [1.29, 1.82) is 0 Å². The Morgan fingerprint density at radius 3 is 2.80 bits per heavy atom. The molecule has 0 fully saturated rings. The Balaban J connectivity index is 1.93. The van der Waals surface area contributed by atoms with Gasteiger partial charge in [-0.05, 0) is 49.2 Å². The fraction of sp³-hybridized carbons (Fsp3) is 0.125. The number of aryl methyl sites for hydroxylation is 2. The number of hydrogen-bond acceptors (Lipinski definition) is 2. The van der Waals surface area contributed by atoms with Crippen molar-refractivity contribution in [2.45, 2.75) is 13.8 Å². The Morgan fingerprint density at radius 1 is 1.15 bits per heavy atom. The van der Waals surface area contributed by atoms with Crippen LogP contribution in [0, 0.1) is 13.8 Å². The number of hydrogen-bond donors (Lipinski definition) is 2. The highest BCUT2D eigenvalue weighted by atomic mass is 16.1. The Hall–Kier alpha value is -2.62. The molecule has 0 aliphatic carbocycles. The van der Waals surface area contributed by atoms with E-state index in [4.69, 9.17) is 0 Å². The first kappa shape index (κ1) is 12.4. The number of nitrogens with zero attached hydrogens (tertiary/aromatic N) is 1. The van der Waals surface area contributed by atoms with Gasteiger partial charge in [0.05, 0.1) is 17.4 Å². The summed E-state index contributed by atoms with van der Waals surface area (Å²) in [6.07, 6.45) is 1.59. The van der Waals surface area contributed by atoms with Crippen LogP contribution in [0.5, 0.6) is 0 Å². The number of nitrogens with one attached hydrogen (secondary N) is 2. The number of aromatic nitrogens is 2. The normalized spacial score (nSPS) is 10.7. The van der Waals surface area contributed by atoms with Crippen LogP contribution in [0.1, 0.15) is 21.5 Å². The van der Waals surface area contributed by atoms with Crippen LogP contribution in [0.25, 0.3) is 11.0 Å². The summed E-state index contributed by atoms with van der Waals surface area (Å²) < 4.78 is 0. The minimum Gasteiger partial charge on any atom is -0.345 e. The predicted octanol–water partition coefficient (Wildman–Crippen LogP) is 3.43. The highest BCUT2D eigenvalue weighted by molar-refractivity contribution is 6.11. The second-order valence-corrected chi connectivity index (χ2v) is 4.86. The van der Waals surface area contributed by atoms with E-state index in [2.05, 4.69) is 15.3 Å². The van der Waals surface area contributed by atoms with E-state index in [1.54, 1.807) is 12.4 Å². The van der Waals surface area contributed by atoms with Gasteiger partial charge in [-0.1, -0.05) is 12.1 Å². The molecule has 1 amide bonds. The van der Waals surface area contributed by atoms with Crippen molar-refractivity contribution in [3.05, 3.63) is 59.4 Å². The van der Waals surface area contributed by atoms with Gasteiger partial charge in [0.15, 0.2) is 0 Å². The molecule has 3 aromatic rings. The Labute approximate surface area is 116 Å². The van der Waals surface area contributed by atoms with Crippen LogP contribution in [0.3, 0.4) is 0 Å². The van der Waals surface area contributed by atoms with Crippen molar-refractivity contribution in [1.82, 2.24) is 9.97 Å². The Bertz CT molecular complexity index is 789. The van der Waals surface area contributed by atoms with Crippen molar-refractivity contribution < 1.29 is 4.79 Å². The maximum Gasteiger partial charge on any atom is 0.257 e. The first-order valence-electron chi connectivity index (χ1n) is 6.46. The maximum atomic E-state index is 12.4. The van der Waals surface area contributed by atoms with E-state index in [1.165, 1.54) is 5.56 Å². The Morgan fingerprint density at radius 2 is 2.00 bits per heavy atom. The van der Waals surface area contributed by atoms with Crippen LogP contribution < -0.4 is 5.32 Å². The lowest BCUT2D eigenvalue weighted by atomic mass is 10.1. The highest BCUT2D eigenvalue weighted by Gasteiger charge is 2.12. The first-order chi connectivity index (χ1) is 9.65. The third-order valence-corrected chi connectivity index (χ3v) is 3.46. The first-order valence-corrected chi connectivity index (χ1v) is 6.46. The molecule has 1 heterocycles. The molecule has 3 rings (SSSR count). The quantitative estimate of drug-likeness (QED) is 0.745. The summed E-state index contributed by atoms with van der Waals surface area (Å²) in [4.78, 5) is 19.6. The van der Waals surface area contributed by atoms with E-state index in [0.29, 0.717) is 11.1 Å². The average molecular weight is 265 g/mol. The smallest absolute Gasteiger partial charge is 0.257 e. The van der Waals surface area contributed by atoms with E-state index >= 15 is 0 Å². The van der Waals surface area contributed by atoms with Gasteiger partial charge in [0.2, 0.25) is 0 Å². The second kappa shape index (κ2) is 4.81. The third kappa shape index (κ3) is 2.16. The molecule has 0 atom stereocenters. The minimum absolute atomic E-state index is 0.147. The molecule has 1 aromatic heterocycles. The molecular formula is C16H15N3O. The molecule has 0 radical (unpaired) electrons. The summed E-state index contributed by atoms with van der Waals surface area (Å²) >= 11 is 0. The lowest BCUT2D eigenvalue weighted by Gasteiger charge is -2.08. The summed E-state index contributed by atoms with van der Waals surface area (Å²) in [6, 6.07) is 11.4. The molecule has 0 aliphatic heterocycles. The molecule has 0 aliphatic rings. The van der Waals surface area contributed by atoms with Crippen molar-refractivity contribution in [3.63, 3.8) is 0 Å². The van der Waals surface area contributed by atoms with Gasteiger partial charge in [-0.15, -0.1) is 0 Å². The molecule has 0 unspecified atom stereocenters. The number of rotatable bonds is 2. The molecule has 0 bridgehead atoms. The SMILES string of the molecule is Cc1ccc(NC(=O)c2cccc3[nH]cnc23)cc1C. The Kier molecular flexibility index (Phi) is 2.99. The highest BCUT2D eigenvalue weighted by Crippen LogP contribution is 2.18. The number of fused-ring (bicyclic) bond motifs is 1. The number of aromatic amines is 1. The van der Waals surface area contributed by atoms with Gasteiger partial charge in [0, 0.05) is 5.69 Å². The standard InChI is InChI=1S/C16H15N3O/c1-10-6-7-12(8-11(10)2)19-16(20)13-4-3-5-14-15(13)18-9-17-14/h3-9H,1-2H3,(H,17,18)(H,19,20). The number of carbonyl (C=O) groups excluding carboxylic acids is 1. The fourth-order valence-corrected chi connectivity index (χ4v) is 2.17. The zero-order chi connectivity index (χ0) is 14.1. The van der Waals surface area contributed by atoms with Crippen LogP contribution in [0.15, 0.2) is 42.7 Å². The van der Waals surface area contributed by atoms with Crippen LogP contribution in [0.2, 0.25) is 0 Å². The van der Waals surface area contributed by atoms with Crippen molar-refractivity contribution in [2.24, 2.45) is 0 Å². The molecule has 2 aromatic carbocycles. The van der Waals surface area contributed by atoms with E-state index in [-0.39, 0.29) is 5.91 Å². The van der Waals surface area contributed by atoms with Crippen molar-refractivity contribution in [2.75, 3.05) is 5.32 Å². The number of anilines is 1. The molecule has 4 heteroatoms. The molecule has 20 heavy (non-hydrogen) atoms. The number of H-pyrrole nitrogens is 1. The van der Waals surface area contributed by atoms with Crippen LogP contribution in [-0.2, 0) is 0 Å². The van der Waals surface area contributed by atoms with Crippen molar-refractivity contribution in [3.8, 4) is 0 Å². The molecule has 0 saturated carbocycles. The van der Waals surface area contributed by atoms with Crippen LogP contribution in [-0.4, -0.2) is 15.9 Å². The number of benzene rings is 2. The number of para-hydroxylation sites is 1. The van der Waals surface area contributed by atoms with Gasteiger partial charge >= 0.3 is 0 Å². The topological polar surface area (TPSA) is 57.8 Å². The van der Waals surface area contributed by atoms with Gasteiger partial charge in [0.1, 0.15) is 5.52 Å². The largest absolute Gasteiger partial charge is 0.345 e. The van der Waals surface area contributed by atoms with E-state index in [9.17, 15) is 4.79 Å². The van der Waals surface area contributed by atoms with Gasteiger partial charge in [-0.2, -0.15) is 0 Å². The lowest BCUT2D eigenvalue weighted by Crippen LogP contribution is -2.12. The minimum atomic E-state index is -0.147. The summed E-state index contributed by atoms with van der Waals surface area (Å²) in [6.45, 7) is 4.07. The zero-order valence-corrected chi connectivity index (χ0v) is 11.4. The number of amides is 1. The summed E-state index contributed by atoms with van der Waals surface area (Å²) in [5, 5.41) is 2.92. The van der Waals surface area contributed by atoms with Gasteiger partial charge in [-0.25, -0.2) is 4.98 Å². The van der Waals surface area contributed by atoms with Crippen molar-refractivity contribution >= 4 is 22.6 Å². The monoisotopic (exact) mass is 265 g/mol.